The minimum absolute atomic E-state index is 0.0974. The van der Waals surface area contributed by atoms with E-state index in [9.17, 15) is 4.39 Å². The summed E-state index contributed by atoms with van der Waals surface area (Å²) in [7, 11) is 1.98. The second kappa shape index (κ2) is 5.60. The van der Waals surface area contributed by atoms with E-state index in [-0.39, 0.29) is 17.5 Å². The summed E-state index contributed by atoms with van der Waals surface area (Å²) >= 11 is 0. The molecule has 1 unspecified atom stereocenters. The van der Waals surface area contributed by atoms with Gasteiger partial charge in [-0.25, -0.2) is 4.39 Å². The van der Waals surface area contributed by atoms with E-state index in [4.69, 9.17) is 4.74 Å². The fourth-order valence-electron chi connectivity index (χ4n) is 4.04. The van der Waals surface area contributed by atoms with Crippen LogP contribution in [0, 0.1) is 17.7 Å². The summed E-state index contributed by atoms with van der Waals surface area (Å²) in [5, 5.41) is 3.38. The van der Waals surface area contributed by atoms with Crippen LogP contribution in [0.15, 0.2) is 18.2 Å². The molecular formula is C18H26FNO. The normalized spacial score (nSPS) is 32.0. The van der Waals surface area contributed by atoms with Gasteiger partial charge in [-0.15, -0.1) is 0 Å². The van der Waals surface area contributed by atoms with E-state index in [0.29, 0.717) is 0 Å². The number of nitrogens with one attached hydrogen (secondary N) is 1. The molecule has 1 aliphatic heterocycles. The lowest BCUT2D eigenvalue weighted by atomic mass is 9.71. The predicted molar refractivity (Wildman–Crippen MR) is 83.0 cm³/mol. The van der Waals surface area contributed by atoms with Gasteiger partial charge < -0.3 is 10.1 Å². The maximum absolute atomic E-state index is 13.5. The highest BCUT2D eigenvalue weighted by Crippen LogP contribution is 2.48. The highest BCUT2D eigenvalue weighted by atomic mass is 19.1. The van der Waals surface area contributed by atoms with Crippen molar-refractivity contribution in [3.8, 4) is 5.75 Å². The Bertz CT molecular complexity index is 506. The second-order valence-electron chi connectivity index (χ2n) is 7.09. The van der Waals surface area contributed by atoms with Gasteiger partial charge in [0.05, 0.1) is 0 Å². The third kappa shape index (κ3) is 2.80. The van der Waals surface area contributed by atoms with Crippen molar-refractivity contribution in [2.45, 2.75) is 57.6 Å². The van der Waals surface area contributed by atoms with Gasteiger partial charge in [-0.05, 0) is 50.6 Å². The van der Waals surface area contributed by atoms with Gasteiger partial charge in [-0.1, -0.05) is 19.9 Å². The first-order chi connectivity index (χ1) is 10.0. The quantitative estimate of drug-likeness (QED) is 0.869. The van der Waals surface area contributed by atoms with Crippen molar-refractivity contribution in [2.24, 2.45) is 11.8 Å². The SMILES string of the molecule is CNC1CC2(CCC(C(C)C)CC2)Oc2cc(F)ccc21. The topological polar surface area (TPSA) is 21.3 Å². The monoisotopic (exact) mass is 291 g/mol. The van der Waals surface area contributed by atoms with E-state index >= 15 is 0 Å². The van der Waals surface area contributed by atoms with Crippen molar-refractivity contribution in [3.05, 3.63) is 29.6 Å². The number of fused-ring (bicyclic) bond motifs is 1. The van der Waals surface area contributed by atoms with Crippen LogP contribution in [0.2, 0.25) is 0 Å². The zero-order valence-electron chi connectivity index (χ0n) is 13.3. The molecular weight excluding hydrogens is 265 g/mol. The van der Waals surface area contributed by atoms with Crippen LogP contribution in [0.1, 0.15) is 57.6 Å². The Hall–Kier alpha value is -1.09. The molecule has 1 spiro atoms. The van der Waals surface area contributed by atoms with Crippen molar-refractivity contribution in [1.29, 1.82) is 0 Å². The number of hydrogen-bond donors (Lipinski definition) is 1. The van der Waals surface area contributed by atoms with E-state index < -0.39 is 0 Å². The number of hydrogen-bond acceptors (Lipinski definition) is 2. The fourth-order valence-corrected chi connectivity index (χ4v) is 4.04. The van der Waals surface area contributed by atoms with Crippen molar-refractivity contribution in [2.75, 3.05) is 7.05 Å². The molecule has 0 amide bonds. The smallest absolute Gasteiger partial charge is 0.127 e. The third-order valence-corrected chi connectivity index (χ3v) is 5.49. The Balaban J connectivity index is 1.83. The number of ether oxygens (including phenoxy) is 1. The van der Waals surface area contributed by atoms with Crippen molar-refractivity contribution in [3.63, 3.8) is 0 Å². The van der Waals surface area contributed by atoms with E-state index in [1.54, 1.807) is 6.07 Å². The van der Waals surface area contributed by atoms with E-state index in [0.717, 1.165) is 42.4 Å². The fraction of sp³-hybridized carbons (Fsp3) is 0.667. The first-order valence-corrected chi connectivity index (χ1v) is 8.19. The summed E-state index contributed by atoms with van der Waals surface area (Å²) in [6, 6.07) is 5.21. The first kappa shape index (κ1) is 14.8. The lowest BCUT2D eigenvalue weighted by molar-refractivity contribution is -0.0194. The largest absolute Gasteiger partial charge is 0.487 e. The maximum atomic E-state index is 13.5. The maximum Gasteiger partial charge on any atom is 0.127 e. The summed E-state index contributed by atoms with van der Waals surface area (Å²) in [6.45, 7) is 4.62. The van der Waals surface area contributed by atoms with Crippen LogP contribution in [0.4, 0.5) is 4.39 Å². The van der Waals surface area contributed by atoms with Crippen molar-refractivity contribution < 1.29 is 9.13 Å². The Kier molecular flexibility index (Phi) is 3.96. The molecule has 0 radical (unpaired) electrons. The summed E-state index contributed by atoms with van der Waals surface area (Å²) < 4.78 is 19.9. The van der Waals surface area contributed by atoms with Gasteiger partial charge in [0, 0.05) is 24.1 Å². The van der Waals surface area contributed by atoms with Crippen LogP contribution in [0.25, 0.3) is 0 Å². The minimum atomic E-state index is -0.212. The summed E-state index contributed by atoms with van der Waals surface area (Å²) in [5.74, 6) is 2.08. The van der Waals surface area contributed by atoms with Gasteiger partial charge in [0.25, 0.3) is 0 Å². The number of rotatable bonds is 2. The van der Waals surface area contributed by atoms with E-state index in [1.165, 1.54) is 18.9 Å². The van der Waals surface area contributed by atoms with Gasteiger partial charge in [-0.3, -0.25) is 0 Å². The molecule has 1 aromatic carbocycles. The lowest BCUT2D eigenvalue weighted by Crippen LogP contribution is -2.46. The summed E-state index contributed by atoms with van der Waals surface area (Å²) in [6.07, 6.45) is 5.61. The van der Waals surface area contributed by atoms with Crippen LogP contribution < -0.4 is 10.1 Å². The molecule has 21 heavy (non-hydrogen) atoms. The predicted octanol–water partition coefficient (Wildman–Crippen LogP) is 4.45. The number of benzene rings is 1. The van der Waals surface area contributed by atoms with Crippen LogP contribution in [0.3, 0.4) is 0 Å². The van der Waals surface area contributed by atoms with E-state index in [1.807, 2.05) is 13.1 Å². The molecule has 1 aromatic rings. The van der Waals surface area contributed by atoms with Crippen LogP contribution in [-0.4, -0.2) is 12.6 Å². The van der Waals surface area contributed by atoms with E-state index in [2.05, 4.69) is 19.2 Å². The Morgan fingerprint density at radius 3 is 2.62 bits per heavy atom. The van der Waals surface area contributed by atoms with Gasteiger partial charge in [0.1, 0.15) is 17.2 Å². The van der Waals surface area contributed by atoms with Gasteiger partial charge in [-0.2, -0.15) is 0 Å². The molecule has 116 valence electrons. The Morgan fingerprint density at radius 2 is 2.00 bits per heavy atom. The van der Waals surface area contributed by atoms with Crippen LogP contribution in [0.5, 0.6) is 5.75 Å². The molecule has 1 N–H and O–H groups in total. The molecule has 1 saturated carbocycles. The highest BCUT2D eigenvalue weighted by molar-refractivity contribution is 5.39. The van der Waals surface area contributed by atoms with Crippen LogP contribution >= 0.6 is 0 Å². The standard InChI is InChI=1S/C18H26FNO/c1-12(2)13-6-8-18(9-7-13)11-16(20-3)15-5-4-14(19)10-17(15)21-18/h4-5,10,12-13,16,20H,6-9,11H2,1-3H3. The van der Waals surface area contributed by atoms with Gasteiger partial charge in [0.2, 0.25) is 0 Å². The zero-order valence-corrected chi connectivity index (χ0v) is 13.3. The van der Waals surface area contributed by atoms with Gasteiger partial charge in [0.15, 0.2) is 0 Å². The Morgan fingerprint density at radius 1 is 1.29 bits per heavy atom. The van der Waals surface area contributed by atoms with Gasteiger partial charge >= 0.3 is 0 Å². The molecule has 1 fully saturated rings. The Labute approximate surface area is 127 Å². The summed E-state index contributed by atoms with van der Waals surface area (Å²) in [5.41, 5.74) is 0.996. The second-order valence-corrected chi connectivity index (χ2v) is 7.09. The molecule has 1 heterocycles. The molecule has 2 nitrogen and oxygen atoms in total. The average molecular weight is 291 g/mol. The number of halogens is 1. The van der Waals surface area contributed by atoms with Crippen LogP contribution in [-0.2, 0) is 0 Å². The molecule has 0 aromatic heterocycles. The molecule has 3 rings (SSSR count). The molecule has 0 saturated heterocycles. The molecule has 1 aliphatic carbocycles. The third-order valence-electron chi connectivity index (χ3n) is 5.49. The van der Waals surface area contributed by atoms with Crippen molar-refractivity contribution >= 4 is 0 Å². The molecule has 2 aliphatic rings. The first-order valence-electron chi connectivity index (χ1n) is 8.19. The molecule has 0 bridgehead atoms. The minimum Gasteiger partial charge on any atom is -0.487 e. The summed E-state index contributed by atoms with van der Waals surface area (Å²) in [4.78, 5) is 0. The molecule has 1 atom stereocenters. The van der Waals surface area contributed by atoms with Crippen molar-refractivity contribution in [1.82, 2.24) is 5.32 Å². The molecule has 3 heteroatoms. The highest BCUT2D eigenvalue weighted by Gasteiger charge is 2.43. The average Bonchev–Trinajstić information content (AvgIpc) is 2.46. The zero-order chi connectivity index (χ0) is 15.0. The lowest BCUT2D eigenvalue weighted by Gasteiger charge is -2.46.